The van der Waals surface area contributed by atoms with Crippen LogP contribution in [0.15, 0.2) is 54.6 Å². The van der Waals surface area contributed by atoms with Gasteiger partial charge in [-0.1, -0.05) is 62.4 Å². The maximum Gasteiger partial charge on any atom is 0.340 e. The van der Waals surface area contributed by atoms with Gasteiger partial charge in [-0.2, -0.15) is 0 Å². The molecule has 0 aliphatic heterocycles. The fraction of sp³-hybridized carbons (Fsp3) is 0.217. The molecule has 0 unspecified atom stereocenters. The molecule has 0 spiro atoms. The number of carbonyl (C=O) groups excluding carboxylic acids is 1. The van der Waals surface area contributed by atoms with Gasteiger partial charge >= 0.3 is 5.97 Å². The van der Waals surface area contributed by atoms with Crippen molar-refractivity contribution in [3.05, 3.63) is 71.3 Å². The molecule has 0 saturated carbocycles. The number of aryl methyl sites for hydroxylation is 2. The lowest BCUT2D eigenvalue weighted by Crippen LogP contribution is -2.21. The molecule has 0 amide bonds. The van der Waals surface area contributed by atoms with E-state index in [1.165, 1.54) is 29.6 Å². The van der Waals surface area contributed by atoms with Crippen LogP contribution in [0.3, 0.4) is 0 Å². The van der Waals surface area contributed by atoms with Crippen molar-refractivity contribution in [1.82, 2.24) is 0 Å². The van der Waals surface area contributed by atoms with Gasteiger partial charge in [-0.15, -0.1) is 11.3 Å². The summed E-state index contributed by atoms with van der Waals surface area (Å²) in [6, 6.07) is 18.0. The predicted molar refractivity (Wildman–Crippen MR) is 126 cm³/mol. The number of thiophene rings is 1. The smallest absolute Gasteiger partial charge is 0.340 e. The number of hydrogen-bond acceptors (Lipinski definition) is 4. The summed E-state index contributed by atoms with van der Waals surface area (Å²) >= 11 is 7.05. The summed E-state index contributed by atoms with van der Waals surface area (Å²) in [6.45, 7) is 4.24. The van der Waals surface area contributed by atoms with Crippen LogP contribution in [0.1, 0.15) is 35.3 Å². The molecule has 0 aliphatic rings. The number of para-hydroxylation sites is 1. The van der Waals surface area contributed by atoms with E-state index in [1.54, 1.807) is 0 Å². The van der Waals surface area contributed by atoms with Crippen LogP contribution in [0.25, 0.3) is 10.4 Å². The summed E-state index contributed by atoms with van der Waals surface area (Å²) in [5.41, 5.74) is 4.96. The molecule has 0 fully saturated rings. The van der Waals surface area contributed by atoms with Crippen molar-refractivity contribution >= 4 is 45.3 Å². The summed E-state index contributed by atoms with van der Waals surface area (Å²) in [7, 11) is 1.38. The molecule has 3 aromatic rings. The number of ether oxygens (including phenoxy) is 1. The second-order valence-corrected chi connectivity index (χ2v) is 7.91. The zero-order valence-corrected chi connectivity index (χ0v) is 18.4. The number of anilines is 2. The number of esters is 1. The Bertz CT molecular complexity index is 991. The molecule has 6 heteroatoms. The number of rotatable bonds is 6. The molecule has 2 N–H and O–H groups in total. The van der Waals surface area contributed by atoms with Crippen molar-refractivity contribution in [1.29, 1.82) is 0 Å². The molecule has 3 rings (SSSR count). The van der Waals surface area contributed by atoms with Crippen LogP contribution in [0.2, 0.25) is 0 Å². The maximum atomic E-state index is 12.3. The highest BCUT2D eigenvalue weighted by Crippen LogP contribution is 2.36. The Morgan fingerprint density at radius 2 is 1.66 bits per heavy atom. The lowest BCUT2D eigenvalue weighted by Gasteiger charge is -2.16. The van der Waals surface area contributed by atoms with Crippen molar-refractivity contribution in [2.45, 2.75) is 26.7 Å². The van der Waals surface area contributed by atoms with E-state index >= 15 is 0 Å². The van der Waals surface area contributed by atoms with Crippen LogP contribution < -0.4 is 10.6 Å². The third kappa shape index (κ3) is 4.83. The minimum Gasteiger partial charge on any atom is -0.465 e. The Kier molecular flexibility index (Phi) is 7.01. The first kappa shape index (κ1) is 21.0. The van der Waals surface area contributed by atoms with E-state index in [1.807, 2.05) is 36.4 Å². The second-order valence-electron chi connectivity index (χ2n) is 6.45. The highest BCUT2D eigenvalue weighted by atomic mass is 32.1. The summed E-state index contributed by atoms with van der Waals surface area (Å²) < 4.78 is 4.96. The van der Waals surface area contributed by atoms with Gasteiger partial charge in [0.1, 0.15) is 5.00 Å². The topological polar surface area (TPSA) is 50.4 Å². The van der Waals surface area contributed by atoms with Crippen LogP contribution in [-0.2, 0) is 17.6 Å². The minimum absolute atomic E-state index is 0.392. The highest BCUT2D eigenvalue weighted by Gasteiger charge is 2.19. The molecular weight excluding hydrogens is 400 g/mol. The van der Waals surface area contributed by atoms with Gasteiger partial charge in [-0.3, -0.25) is 0 Å². The Morgan fingerprint density at radius 1 is 1.00 bits per heavy atom. The van der Waals surface area contributed by atoms with Crippen LogP contribution in [0, 0.1) is 0 Å². The van der Waals surface area contributed by atoms with E-state index in [2.05, 4.69) is 42.7 Å². The summed E-state index contributed by atoms with van der Waals surface area (Å²) in [5.74, 6) is -0.392. The highest BCUT2D eigenvalue weighted by molar-refractivity contribution is 7.80. The normalized spacial score (nSPS) is 10.4. The summed E-state index contributed by atoms with van der Waals surface area (Å²) in [4.78, 5) is 13.3. The van der Waals surface area contributed by atoms with Crippen LogP contribution >= 0.6 is 23.6 Å². The van der Waals surface area contributed by atoms with Gasteiger partial charge < -0.3 is 15.4 Å². The lowest BCUT2D eigenvalue weighted by atomic mass is 10.0. The summed E-state index contributed by atoms with van der Waals surface area (Å²) in [6.07, 6.45) is 1.81. The van der Waals surface area contributed by atoms with Crippen LogP contribution in [0.5, 0.6) is 0 Å². The molecule has 4 nitrogen and oxygen atoms in total. The van der Waals surface area contributed by atoms with Crippen molar-refractivity contribution in [3.63, 3.8) is 0 Å². The number of methoxy groups -OCH3 is 1. The molecule has 1 heterocycles. The molecule has 1 aromatic heterocycles. The van der Waals surface area contributed by atoms with E-state index in [-0.39, 0.29) is 0 Å². The zero-order chi connectivity index (χ0) is 20.8. The minimum atomic E-state index is -0.392. The molecule has 150 valence electrons. The predicted octanol–water partition coefficient (Wildman–Crippen LogP) is 6.14. The third-order valence-electron chi connectivity index (χ3n) is 4.66. The Hall–Kier alpha value is -2.70. The lowest BCUT2D eigenvalue weighted by molar-refractivity contribution is 0.0602. The molecule has 0 bridgehead atoms. The first-order chi connectivity index (χ1) is 14.1. The first-order valence-electron chi connectivity index (χ1n) is 9.53. The average Bonchev–Trinajstić information content (AvgIpc) is 3.17. The molecule has 0 atom stereocenters. The Balaban J connectivity index is 1.89. The van der Waals surface area contributed by atoms with Gasteiger partial charge in [-0.05, 0) is 47.8 Å². The summed E-state index contributed by atoms with van der Waals surface area (Å²) in [5, 5.41) is 7.66. The molecular formula is C23H24N2O2S2. The molecule has 0 radical (unpaired) electrons. The molecule has 0 aliphatic carbocycles. The number of benzene rings is 2. The van der Waals surface area contributed by atoms with Crippen molar-refractivity contribution in [3.8, 4) is 10.4 Å². The molecule has 29 heavy (non-hydrogen) atoms. The van der Waals surface area contributed by atoms with Gasteiger partial charge in [0.2, 0.25) is 0 Å². The van der Waals surface area contributed by atoms with Gasteiger partial charge in [0.05, 0.1) is 12.7 Å². The number of hydrogen-bond donors (Lipinski definition) is 2. The average molecular weight is 425 g/mol. The van der Waals surface area contributed by atoms with Gasteiger partial charge in [0.15, 0.2) is 5.11 Å². The number of nitrogens with one attached hydrogen (secondary N) is 2. The van der Waals surface area contributed by atoms with E-state index in [0.29, 0.717) is 15.7 Å². The van der Waals surface area contributed by atoms with Gasteiger partial charge in [0, 0.05) is 10.6 Å². The standard InChI is InChI=1S/C23H24N2O2S2/c1-4-15-12-9-13-16(5-2)20(15)24-23(28)25-21-18(22(26)27-3)14-19(29-21)17-10-7-6-8-11-17/h6-14H,4-5H2,1-3H3,(H2,24,25,28). The van der Waals surface area contributed by atoms with E-state index in [0.717, 1.165) is 29.0 Å². The van der Waals surface area contributed by atoms with Gasteiger partial charge in [0.25, 0.3) is 0 Å². The zero-order valence-electron chi connectivity index (χ0n) is 16.7. The van der Waals surface area contributed by atoms with E-state index < -0.39 is 5.97 Å². The fourth-order valence-corrected chi connectivity index (χ4v) is 4.47. The van der Waals surface area contributed by atoms with Gasteiger partial charge in [-0.25, -0.2) is 4.79 Å². The van der Waals surface area contributed by atoms with Crippen molar-refractivity contribution in [2.75, 3.05) is 17.7 Å². The quantitative estimate of drug-likeness (QED) is 0.368. The largest absolute Gasteiger partial charge is 0.465 e. The third-order valence-corrected chi connectivity index (χ3v) is 5.96. The fourth-order valence-electron chi connectivity index (χ4n) is 3.14. The van der Waals surface area contributed by atoms with Crippen molar-refractivity contribution in [2.24, 2.45) is 0 Å². The number of carbonyl (C=O) groups is 1. The first-order valence-corrected chi connectivity index (χ1v) is 10.8. The van der Waals surface area contributed by atoms with E-state index in [4.69, 9.17) is 17.0 Å². The SMILES string of the molecule is CCc1cccc(CC)c1NC(=S)Nc1sc(-c2ccccc2)cc1C(=O)OC. The van der Waals surface area contributed by atoms with E-state index in [9.17, 15) is 4.79 Å². The Morgan fingerprint density at radius 3 is 2.24 bits per heavy atom. The molecule has 2 aromatic carbocycles. The molecule has 0 saturated heterocycles. The van der Waals surface area contributed by atoms with Crippen LogP contribution in [0.4, 0.5) is 10.7 Å². The Labute approximate surface area is 180 Å². The number of thiocarbonyl (C=S) groups is 1. The second kappa shape index (κ2) is 9.67. The van der Waals surface area contributed by atoms with Crippen molar-refractivity contribution < 1.29 is 9.53 Å². The monoisotopic (exact) mass is 424 g/mol. The maximum absolute atomic E-state index is 12.3. The van der Waals surface area contributed by atoms with Crippen LogP contribution in [-0.4, -0.2) is 18.2 Å².